The molecule has 3 aromatic rings. The van der Waals surface area contributed by atoms with E-state index in [0.717, 1.165) is 10.4 Å². The van der Waals surface area contributed by atoms with E-state index in [2.05, 4.69) is 5.32 Å². The Morgan fingerprint density at radius 2 is 1.73 bits per heavy atom. The number of ether oxygens (including phenoxy) is 1. The highest BCUT2D eigenvalue weighted by Crippen LogP contribution is 2.25. The van der Waals surface area contributed by atoms with Gasteiger partial charge in [-0.15, -0.1) is 11.3 Å². The van der Waals surface area contributed by atoms with Crippen molar-refractivity contribution in [3.63, 3.8) is 0 Å². The van der Waals surface area contributed by atoms with Crippen LogP contribution in [-0.4, -0.2) is 18.5 Å². The van der Waals surface area contributed by atoms with Crippen molar-refractivity contribution >= 4 is 34.8 Å². The molecule has 0 saturated heterocycles. The summed E-state index contributed by atoms with van der Waals surface area (Å²) in [5, 5.41) is 5.41. The van der Waals surface area contributed by atoms with Gasteiger partial charge in [0.15, 0.2) is 6.61 Å². The van der Waals surface area contributed by atoms with Gasteiger partial charge in [0.05, 0.1) is 11.6 Å². The van der Waals surface area contributed by atoms with Crippen LogP contribution in [0.1, 0.15) is 26.8 Å². The summed E-state index contributed by atoms with van der Waals surface area (Å²) in [5.41, 5.74) is 1.31. The van der Waals surface area contributed by atoms with Gasteiger partial charge in [-0.3, -0.25) is 4.79 Å². The molecular weight excluding hydrogens is 370 g/mol. The quantitative estimate of drug-likeness (QED) is 0.637. The molecule has 3 rings (SSSR count). The summed E-state index contributed by atoms with van der Waals surface area (Å²) in [5.74, 6) is -0.932. The van der Waals surface area contributed by atoms with E-state index in [1.165, 1.54) is 0 Å². The van der Waals surface area contributed by atoms with Gasteiger partial charge in [0, 0.05) is 9.90 Å². The van der Waals surface area contributed by atoms with Crippen LogP contribution >= 0.6 is 22.9 Å². The van der Waals surface area contributed by atoms with E-state index in [4.69, 9.17) is 16.3 Å². The lowest BCUT2D eigenvalue weighted by atomic mass is 10.1. The summed E-state index contributed by atoms with van der Waals surface area (Å²) >= 11 is 7.35. The number of nitrogens with one attached hydrogen (secondary N) is 1. The summed E-state index contributed by atoms with van der Waals surface area (Å²) in [6.45, 7) is -0.351. The molecule has 6 heteroatoms. The van der Waals surface area contributed by atoms with Gasteiger partial charge in [-0.25, -0.2) is 4.79 Å². The number of benzene rings is 2. The molecular formula is C20H16ClNO3S. The number of amides is 1. The molecule has 2 aromatic carbocycles. The van der Waals surface area contributed by atoms with Gasteiger partial charge >= 0.3 is 5.97 Å². The minimum absolute atomic E-state index is 0.280. The lowest BCUT2D eigenvalue weighted by Crippen LogP contribution is -2.32. The summed E-state index contributed by atoms with van der Waals surface area (Å²) in [7, 11) is 0. The minimum atomic E-state index is -0.566. The molecule has 0 spiro atoms. The van der Waals surface area contributed by atoms with Crippen molar-refractivity contribution in [2.24, 2.45) is 0 Å². The average Bonchev–Trinajstić information content (AvgIpc) is 3.20. The van der Waals surface area contributed by atoms with Gasteiger partial charge in [-0.1, -0.05) is 48.0 Å². The maximum absolute atomic E-state index is 12.3. The minimum Gasteiger partial charge on any atom is -0.452 e. The number of hydrogen-bond acceptors (Lipinski definition) is 4. The molecule has 4 nitrogen and oxygen atoms in total. The fraction of sp³-hybridized carbons (Fsp3) is 0.100. The molecule has 0 aliphatic rings. The Hall–Kier alpha value is -2.63. The first-order valence-electron chi connectivity index (χ1n) is 7.94. The van der Waals surface area contributed by atoms with Crippen LogP contribution in [0.3, 0.4) is 0 Å². The third kappa shape index (κ3) is 4.71. The van der Waals surface area contributed by atoms with Crippen LogP contribution in [0.2, 0.25) is 5.02 Å². The first-order valence-corrected chi connectivity index (χ1v) is 9.19. The fourth-order valence-corrected chi connectivity index (χ4v) is 3.35. The van der Waals surface area contributed by atoms with E-state index in [-0.39, 0.29) is 18.6 Å². The zero-order chi connectivity index (χ0) is 18.4. The van der Waals surface area contributed by atoms with Crippen molar-refractivity contribution in [1.82, 2.24) is 5.32 Å². The number of thiophene rings is 1. The number of esters is 1. The highest BCUT2D eigenvalue weighted by atomic mass is 35.5. The molecule has 0 saturated carbocycles. The molecule has 0 fully saturated rings. The second-order valence-corrected chi connectivity index (χ2v) is 6.93. The molecule has 0 radical (unpaired) electrons. The van der Waals surface area contributed by atoms with Crippen molar-refractivity contribution in [2.75, 3.05) is 6.61 Å². The van der Waals surface area contributed by atoms with E-state index in [1.807, 2.05) is 47.8 Å². The molecule has 1 N–H and O–H groups in total. The first kappa shape index (κ1) is 18.2. The maximum Gasteiger partial charge on any atom is 0.338 e. The average molecular weight is 386 g/mol. The topological polar surface area (TPSA) is 55.4 Å². The van der Waals surface area contributed by atoms with Gasteiger partial charge in [0.2, 0.25) is 0 Å². The van der Waals surface area contributed by atoms with E-state index in [1.54, 1.807) is 35.6 Å². The van der Waals surface area contributed by atoms with Crippen molar-refractivity contribution in [3.05, 3.63) is 93.1 Å². The van der Waals surface area contributed by atoms with Crippen molar-refractivity contribution in [3.8, 4) is 0 Å². The lowest BCUT2D eigenvalue weighted by molar-refractivity contribution is -0.124. The Morgan fingerprint density at radius 1 is 1.00 bits per heavy atom. The van der Waals surface area contributed by atoms with Gasteiger partial charge < -0.3 is 10.1 Å². The van der Waals surface area contributed by atoms with Gasteiger partial charge in [0.1, 0.15) is 0 Å². The number of rotatable bonds is 6. The molecule has 0 bridgehead atoms. The largest absolute Gasteiger partial charge is 0.452 e. The molecule has 0 aliphatic heterocycles. The first-order chi connectivity index (χ1) is 12.6. The van der Waals surface area contributed by atoms with Gasteiger partial charge in [-0.05, 0) is 41.3 Å². The Morgan fingerprint density at radius 3 is 2.38 bits per heavy atom. The summed E-state index contributed by atoms with van der Waals surface area (Å²) < 4.78 is 5.09. The second-order valence-electron chi connectivity index (χ2n) is 5.51. The van der Waals surface area contributed by atoms with Gasteiger partial charge in [-0.2, -0.15) is 0 Å². The normalized spacial score (nSPS) is 11.6. The van der Waals surface area contributed by atoms with Crippen LogP contribution in [0.15, 0.2) is 72.1 Å². The Labute approximate surface area is 160 Å². The summed E-state index contributed by atoms with van der Waals surface area (Å²) in [6.07, 6.45) is 0. The van der Waals surface area contributed by atoms with Crippen molar-refractivity contribution in [2.45, 2.75) is 6.04 Å². The molecule has 132 valence electrons. The van der Waals surface area contributed by atoms with E-state index in [0.29, 0.717) is 10.6 Å². The Balaban J connectivity index is 1.63. The predicted octanol–water partition coefficient (Wildman–Crippen LogP) is 4.46. The highest BCUT2D eigenvalue weighted by molar-refractivity contribution is 7.10. The summed E-state index contributed by atoms with van der Waals surface area (Å²) in [4.78, 5) is 25.3. The highest BCUT2D eigenvalue weighted by Gasteiger charge is 2.19. The van der Waals surface area contributed by atoms with Crippen LogP contribution < -0.4 is 5.32 Å². The molecule has 1 atom stereocenters. The fourth-order valence-electron chi connectivity index (χ4n) is 2.42. The van der Waals surface area contributed by atoms with Crippen molar-refractivity contribution in [1.29, 1.82) is 0 Å². The molecule has 0 unspecified atom stereocenters. The smallest absolute Gasteiger partial charge is 0.338 e. The zero-order valence-electron chi connectivity index (χ0n) is 13.7. The lowest BCUT2D eigenvalue weighted by Gasteiger charge is -2.18. The Kier molecular flexibility index (Phi) is 6.04. The predicted molar refractivity (Wildman–Crippen MR) is 102 cm³/mol. The third-order valence-corrected chi connectivity index (χ3v) is 4.87. The van der Waals surface area contributed by atoms with Crippen LogP contribution in [0.4, 0.5) is 0 Å². The number of carbonyl (C=O) groups is 2. The molecule has 0 aliphatic carbocycles. The number of hydrogen-bond donors (Lipinski definition) is 1. The van der Waals surface area contributed by atoms with Crippen LogP contribution in [0.25, 0.3) is 0 Å². The number of carbonyl (C=O) groups excluding carboxylic acids is 2. The molecule has 1 amide bonds. The van der Waals surface area contributed by atoms with E-state index >= 15 is 0 Å². The van der Waals surface area contributed by atoms with Crippen molar-refractivity contribution < 1.29 is 14.3 Å². The van der Waals surface area contributed by atoms with Crippen LogP contribution in [0, 0.1) is 0 Å². The molecule has 26 heavy (non-hydrogen) atoms. The number of halogens is 1. The third-order valence-electron chi connectivity index (χ3n) is 3.68. The molecule has 1 aromatic heterocycles. The van der Waals surface area contributed by atoms with Gasteiger partial charge in [0.25, 0.3) is 5.91 Å². The standard InChI is InChI=1S/C20H16ClNO3S/c21-16-10-8-15(9-11-16)20(24)25-13-18(23)22-19(17-7-4-12-26-17)14-5-2-1-3-6-14/h1-12,19H,13H2,(H,22,23)/t19-/m1/s1. The second kappa shape index (κ2) is 8.65. The van der Waals surface area contributed by atoms with Crippen LogP contribution in [-0.2, 0) is 9.53 Å². The molecule has 1 heterocycles. The van der Waals surface area contributed by atoms with Crippen LogP contribution in [0.5, 0.6) is 0 Å². The SMILES string of the molecule is O=C(COC(=O)c1ccc(Cl)cc1)N[C@H](c1ccccc1)c1cccs1. The monoisotopic (exact) mass is 385 g/mol. The Bertz CT molecular complexity index is 864. The maximum atomic E-state index is 12.3. The van der Waals surface area contributed by atoms with E-state index in [9.17, 15) is 9.59 Å². The van der Waals surface area contributed by atoms with E-state index < -0.39 is 5.97 Å². The summed E-state index contributed by atoms with van der Waals surface area (Å²) in [6, 6.07) is 19.6. The zero-order valence-corrected chi connectivity index (χ0v) is 15.3.